The molecule has 0 atom stereocenters. The van der Waals surface area contributed by atoms with Gasteiger partial charge in [-0.2, -0.15) is 5.10 Å². The van der Waals surface area contributed by atoms with E-state index in [0.29, 0.717) is 26.1 Å². The van der Waals surface area contributed by atoms with Crippen molar-refractivity contribution in [3.05, 3.63) is 72.1 Å². The second kappa shape index (κ2) is 11.4. The molecule has 0 saturated carbocycles. The monoisotopic (exact) mass is 465 g/mol. The summed E-state index contributed by atoms with van der Waals surface area (Å²) >= 11 is 0. The maximum atomic E-state index is 11.0. The molecule has 1 aliphatic rings. The van der Waals surface area contributed by atoms with Crippen molar-refractivity contribution in [3.8, 4) is 17.2 Å². The summed E-state index contributed by atoms with van der Waals surface area (Å²) in [7, 11) is 1.67. The molecular formula is C27H35N3O4. The Balaban J connectivity index is 1.23. The summed E-state index contributed by atoms with van der Waals surface area (Å²) in [5.74, 6) is 2.31. The summed E-state index contributed by atoms with van der Waals surface area (Å²) in [5, 5.41) is 15.2. The summed E-state index contributed by atoms with van der Waals surface area (Å²) in [4.78, 5) is 2.36. The molecule has 0 bridgehead atoms. The average Bonchev–Trinajstić information content (AvgIpc) is 3.37. The van der Waals surface area contributed by atoms with Gasteiger partial charge in [0.1, 0.15) is 18.0 Å². The largest absolute Gasteiger partial charge is 0.493 e. The van der Waals surface area contributed by atoms with Crippen molar-refractivity contribution in [1.82, 2.24) is 14.7 Å². The van der Waals surface area contributed by atoms with Crippen LogP contribution in [-0.2, 0) is 13.1 Å². The Bertz CT molecular complexity index is 1010. The zero-order chi connectivity index (χ0) is 23.8. The highest BCUT2D eigenvalue weighted by Gasteiger charge is 2.33. The van der Waals surface area contributed by atoms with Gasteiger partial charge in [-0.1, -0.05) is 23.8 Å². The van der Waals surface area contributed by atoms with Crippen LogP contribution in [0.4, 0.5) is 0 Å². The van der Waals surface area contributed by atoms with Crippen LogP contribution in [0.1, 0.15) is 30.4 Å². The molecule has 0 radical (unpaired) electrons. The molecule has 1 N–H and O–H groups in total. The number of hydrogen-bond acceptors (Lipinski definition) is 6. The van der Waals surface area contributed by atoms with Crippen LogP contribution in [0, 0.1) is 6.92 Å². The van der Waals surface area contributed by atoms with E-state index >= 15 is 0 Å². The van der Waals surface area contributed by atoms with Gasteiger partial charge in [-0.15, -0.1) is 0 Å². The van der Waals surface area contributed by atoms with Gasteiger partial charge in [0.15, 0.2) is 11.5 Å². The van der Waals surface area contributed by atoms with Crippen molar-refractivity contribution >= 4 is 0 Å². The molecule has 2 aromatic carbocycles. The fourth-order valence-electron chi connectivity index (χ4n) is 4.15. The van der Waals surface area contributed by atoms with E-state index in [4.69, 9.17) is 14.2 Å². The molecule has 7 heteroatoms. The van der Waals surface area contributed by atoms with Crippen LogP contribution in [-0.4, -0.2) is 58.8 Å². The summed E-state index contributed by atoms with van der Waals surface area (Å²) in [5.41, 5.74) is 1.58. The number of hydrogen-bond donors (Lipinski definition) is 1. The van der Waals surface area contributed by atoms with E-state index in [1.807, 2.05) is 60.3 Å². The number of rotatable bonds is 11. The van der Waals surface area contributed by atoms with Gasteiger partial charge in [0, 0.05) is 45.0 Å². The van der Waals surface area contributed by atoms with Gasteiger partial charge in [-0.3, -0.25) is 9.58 Å². The molecule has 34 heavy (non-hydrogen) atoms. The van der Waals surface area contributed by atoms with Gasteiger partial charge in [-0.05, 0) is 55.7 Å². The van der Waals surface area contributed by atoms with E-state index in [1.54, 1.807) is 13.3 Å². The lowest BCUT2D eigenvalue weighted by Crippen LogP contribution is -2.47. The average molecular weight is 466 g/mol. The second-order valence-corrected chi connectivity index (χ2v) is 9.06. The Morgan fingerprint density at radius 3 is 2.53 bits per heavy atom. The van der Waals surface area contributed by atoms with E-state index in [-0.39, 0.29) is 0 Å². The van der Waals surface area contributed by atoms with E-state index in [1.165, 1.54) is 11.1 Å². The molecule has 1 aliphatic heterocycles. The molecule has 7 nitrogen and oxygen atoms in total. The molecule has 1 aromatic heterocycles. The molecule has 1 saturated heterocycles. The molecule has 182 valence electrons. The number of ether oxygens (including phenoxy) is 3. The lowest BCUT2D eigenvalue weighted by molar-refractivity contribution is -0.0537. The Morgan fingerprint density at radius 2 is 1.82 bits per heavy atom. The molecular weight excluding hydrogens is 430 g/mol. The highest BCUT2D eigenvalue weighted by Crippen LogP contribution is 2.30. The van der Waals surface area contributed by atoms with Crippen molar-refractivity contribution in [2.75, 3.05) is 33.4 Å². The number of likely N-dealkylation sites (tertiary alicyclic amines) is 1. The smallest absolute Gasteiger partial charge is 0.161 e. The first-order chi connectivity index (χ1) is 16.5. The van der Waals surface area contributed by atoms with Gasteiger partial charge in [0.2, 0.25) is 0 Å². The molecule has 0 aliphatic carbocycles. The summed E-state index contributed by atoms with van der Waals surface area (Å²) < 4.78 is 19.3. The highest BCUT2D eigenvalue weighted by molar-refractivity contribution is 5.43. The van der Waals surface area contributed by atoms with Gasteiger partial charge in [-0.25, -0.2) is 0 Å². The first kappa shape index (κ1) is 24.1. The molecule has 4 rings (SSSR count). The van der Waals surface area contributed by atoms with Crippen LogP contribution in [0.25, 0.3) is 0 Å². The zero-order valence-corrected chi connectivity index (χ0v) is 20.2. The number of aliphatic hydroxyl groups is 1. The maximum absolute atomic E-state index is 11.0. The third-order valence-electron chi connectivity index (χ3n) is 6.30. The quantitative estimate of drug-likeness (QED) is 0.431. The van der Waals surface area contributed by atoms with Gasteiger partial charge in [0.05, 0.1) is 13.7 Å². The zero-order valence-electron chi connectivity index (χ0n) is 20.2. The van der Waals surface area contributed by atoms with Crippen molar-refractivity contribution in [2.24, 2.45) is 0 Å². The standard InChI is InChI=1S/C27H35N3O4/c1-22-5-8-24(9-6-22)34-21-27(31)11-16-29(17-12-27)20-23-7-10-25(26(19-23)32-2)33-18-4-15-30-14-3-13-28-30/h3,5-10,13-14,19,31H,4,11-12,15-18,20-21H2,1-2H3. The van der Waals surface area contributed by atoms with Crippen LogP contribution in [0.3, 0.4) is 0 Å². The van der Waals surface area contributed by atoms with Crippen LogP contribution in [0.2, 0.25) is 0 Å². The normalized spacial score (nSPS) is 15.7. The molecule has 2 heterocycles. The third-order valence-corrected chi connectivity index (χ3v) is 6.30. The van der Waals surface area contributed by atoms with E-state index < -0.39 is 5.60 Å². The van der Waals surface area contributed by atoms with Crippen LogP contribution < -0.4 is 14.2 Å². The van der Waals surface area contributed by atoms with Crippen LogP contribution >= 0.6 is 0 Å². The highest BCUT2D eigenvalue weighted by atomic mass is 16.5. The molecule has 1 fully saturated rings. The van der Waals surface area contributed by atoms with Gasteiger partial charge >= 0.3 is 0 Å². The number of nitrogens with zero attached hydrogens (tertiary/aromatic N) is 3. The van der Waals surface area contributed by atoms with Crippen molar-refractivity contribution in [3.63, 3.8) is 0 Å². The lowest BCUT2D eigenvalue weighted by atomic mass is 9.92. The fourth-order valence-corrected chi connectivity index (χ4v) is 4.15. The first-order valence-electron chi connectivity index (χ1n) is 11.9. The van der Waals surface area contributed by atoms with Crippen molar-refractivity contribution < 1.29 is 19.3 Å². The number of benzene rings is 2. The Morgan fingerprint density at radius 1 is 1.03 bits per heavy atom. The number of methoxy groups -OCH3 is 1. The van der Waals surface area contributed by atoms with E-state index in [0.717, 1.165) is 49.8 Å². The predicted molar refractivity (Wildman–Crippen MR) is 131 cm³/mol. The first-order valence-corrected chi connectivity index (χ1v) is 11.9. The number of piperidine rings is 1. The summed E-state index contributed by atoms with van der Waals surface area (Å²) in [6.07, 6.45) is 5.98. The van der Waals surface area contributed by atoms with Crippen molar-refractivity contribution in [1.29, 1.82) is 0 Å². The Kier molecular flexibility index (Phi) is 8.08. The van der Waals surface area contributed by atoms with Gasteiger partial charge < -0.3 is 19.3 Å². The predicted octanol–water partition coefficient (Wildman–Crippen LogP) is 4.08. The minimum Gasteiger partial charge on any atom is -0.493 e. The third kappa shape index (κ3) is 6.74. The van der Waals surface area contributed by atoms with E-state index in [2.05, 4.69) is 16.1 Å². The molecule has 0 unspecified atom stereocenters. The van der Waals surface area contributed by atoms with E-state index in [9.17, 15) is 5.11 Å². The summed E-state index contributed by atoms with van der Waals surface area (Å²) in [6.45, 7) is 6.25. The fraction of sp³-hybridized carbons (Fsp3) is 0.444. The molecule has 0 spiro atoms. The van der Waals surface area contributed by atoms with Crippen LogP contribution in [0.15, 0.2) is 60.9 Å². The molecule has 0 amide bonds. The summed E-state index contributed by atoms with van der Waals surface area (Å²) in [6, 6.07) is 16.0. The van der Waals surface area contributed by atoms with Crippen molar-refractivity contribution in [2.45, 2.75) is 44.9 Å². The number of aryl methyl sites for hydroxylation is 2. The minimum absolute atomic E-state index is 0.324. The Hall–Kier alpha value is -3.03. The topological polar surface area (TPSA) is 69.0 Å². The van der Waals surface area contributed by atoms with Crippen LogP contribution in [0.5, 0.6) is 17.2 Å². The Labute approximate surface area is 201 Å². The van der Waals surface area contributed by atoms with Gasteiger partial charge in [0.25, 0.3) is 0 Å². The SMILES string of the molecule is COc1cc(CN2CCC(O)(COc3ccc(C)cc3)CC2)ccc1OCCCn1cccn1. The lowest BCUT2D eigenvalue weighted by Gasteiger charge is -2.38. The maximum Gasteiger partial charge on any atom is 0.161 e. The molecule has 3 aromatic rings. The number of aromatic nitrogens is 2. The second-order valence-electron chi connectivity index (χ2n) is 9.06. The minimum atomic E-state index is -0.785.